The minimum atomic E-state index is -0.836. The summed E-state index contributed by atoms with van der Waals surface area (Å²) in [4.78, 5) is 22.2. The minimum absolute atomic E-state index is 0.0176. The number of nitrogens with zero attached hydrogens (tertiary/aromatic N) is 2. The summed E-state index contributed by atoms with van der Waals surface area (Å²) < 4.78 is 1.00. The lowest BCUT2D eigenvalue weighted by atomic mass is 10.5. The van der Waals surface area contributed by atoms with Crippen molar-refractivity contribution in [3.05, 3.63) is 38.1 Å². The number of halogens is 1. The number of rotatable bonds is 3. The average molecular weight is 231 g/mol. The molecule has 0 saturated carbocycles. The summed E-state index contributed by atoms with van der Waals surface area (Å²) in [5.74, 6) is 0.0476. The zero-order valence-electron chi connectivity index (χ0n) is 6.91. The number of nitrogens with one attached hydrogen (secondary N) is 1. The van der Waals surface area contributed by atoms with Crippen LogP contribution in [0.1, 0.15) is 5.82 Å². The lowest BCUT2D eigenvalue weighted by molar-refractivity contribution is 0.692. The molecule has 14 heavy (non-hydrogen) atoms. The maximum absolute atomic E-state index is 11.3. The normalized spacial score (nSPS) is 9.79. The molecule has 0 aliphatic heterocycles. The number of H-pyrrole nitrogens is 1. The van der Waals surface area contributed by atoms with Gasteiger partial charge in [0.25, 0.3) is 0 Å². The van der Waals surface area contributed by atoms with Gasteiger partial charge in [-0.25, -0.2) is 5.10 Å². The molecule has 7 heteroatoms. The highest BCUT2D eigenvalue weighted by molar-refractivity contribution is 7.79. The van der Waals surface area contributed by atoms with E-state index < -0.39 is 11.1 Å². The van der Waals surface area contributed by atoms with Crippen molar-refractivity contribution in [2.75, 3.05) is 0 Å². The van der Waals surface area contributed by atoms with E-state index in [2.05, 4.69) is 29.3 Å². The lowest BCUT2D eigenvalue weighted by Gasteiger charge is -2.04. The first-order valence-electron chi connectivity index (χ1n) is 3.47. The molecular formula is C7H5ClN3O2S. The number of aromatic amines is 1. The summed E-state index contributed by atoms with van der Waals surface area (Å²) >= 11 is 10.0. The predicted molar refractivity (Wildman–Crippen MR) is 55.8 cm³/mol. The van der Waals surface area contributed by atoms with E-state index in [1.807, 2.05) is 5.10 Å². The molecule has 1 N–H and O–H groups in total. The average Bonchev–Trinajstić information content (AvgIpc) is 2.13. The van der Waals surface area contributed by atoms with Crippen molar-refractivity contribution in [1.82, 2.24) is 14.8 Å². The maximum atomic E-state index is 11.3. The molecule has 5 nitrogen and oxygen atoms in total. The third kappa shape index (κ3) is 2.15. The Labute approximate surface area is 89.0 Å². The van der Waals surface area contributed by atoms with E-state index in [0.29, 0.717) is 0 Å². The Morgan fingerprint density at radius 1 is 1.71 bits per heavy atom. The molecule has 1 radical (unpaired) electrons. The van der Waals surface area contributed by atoms with Gasteiger partial charge >= 0.3 is 11.1 Å². The fourth-order valence-corrected chi connectivity index (χ4v) is 1.10. The molecule has 0 unspecified atom stereocenters. The van der Waals surface area contributed by atoms with Gasteiger partial charge in [-0.15, -0.1) is 0 Å². The molecule has 1 aromatic rings. The SMILES string of the molecule is C=C(Cl)Cn1c([C]=S)n[nH]c(=O)c1=O. The summed E-state index contributed by atoms with van der Waals surface area (Å²) in [7, 11) is 0. The van der Waals surface area contributed by atoms with Crippen LogP contribution in [-0.2, 0) is 6.54 Å². The first-order chi connectivity index (χ1) is 6.56. The standard InChI is InChI=1S/C7H5ClN3O2S/c1-4(8)2-11-5(3-14)9-10-6(12)7(11)13/h1-2H2,(H,10,12). The van der Waals surface area contributed by atoms with Gasteiger partial charge in [0.05, 0.1) is 6.54 Å². The summed E-state index contributed by atoms with van der Waals surface area (Å²) in [6, 6.07) is 0. The van der Waals surface area contributed by atoms with Gasteiger partial charge in [0, 0.05) is 5.03 Å². The molecule has 0 aliphatic carbocycles. The largest absolute Gasteiger partial charge is 0.330 e. The summed E-state index contributed by atoms with van der Waals surface area (Å²) in [5, 5.41) is 7.95. The number of allylic oxidation sites excluding steroid dienone is 1. The van der Waals surface area contributed by atoms with E-state index in [9.17, 15) is 9.59 Å². The van der Waals surface area contributed by atoms with Crippen LogP contribution in [0.15, 0.2) is 21.2 Å². The molecule has 0 bridgehead atoms. The van der Waals surface area contributed by atoms with Gasteiger partial charge in [-0.2, -0.15) is 5.10 Å². The number of hydrogen-bond donors (Lipinski definition) is 1. The van der Waals surface area contributed by atoms with Gasteiger partial charge in [-0.05, 0) is 0 Å². The van der Waals surface area contributed by atoms with Gasteiger partial charge < -0.3 is 0 Å². The molecular weight excluding hydrogens is 226 g/mol. The van der Waals surface area contributed by atoms with Gasteiger partial charge in [-0.1, -0.05) is 30.4 Å². The van der Waals surface area contributed by atoms with Crippen LogP contribution in [0.3, 0.4) is 0 Å². The van der Waals surface area contributed by atoms with Crippen molar-refractivity contribution in [1.29, 1.82) is 0 Å². The number of thiocarbonyl (C=S) groups is 1. The Bertz CT molecular complexity index is 490. The molecule has 0 saturated heterocycles. The molecule has 73 valence electrons. The van der Waals surface area contributed by atoms with Crippen molar-refractivity contribution >= 4 is 29.2 Å². The van der Waals surface area contributed by atoms with Crippen LogP contribution in [0.4, 0.5) is 0 Å². The molecule has 1 aromatic heterocycles. The Kier molecular flexibility index (Phi) is 3.32. The van der Waals surface area contributed by atoms with E-state index in [1.165, 1.54) is 0 Å². The van der Waals surface area contributed by atoms with Crippen LogP contribution in [0, 0.1) is 0 Å². The highest BCUT2D eigenvalue weighted by Gasteiger charge is 2.07. The van der Waals surface area contributed by atoms with Crippen molar-refractivity contribution in [2.45, 2.75) is 6.54 Å². The van der Waals surface area contributed by atoms with Crippen molar-refractivity contribution in [2.24, 2.45) is 0 Å². The van der Waals surface area contributed by atoms with Crippen LogP contribution in [0.5, 0.6) is 0 Å². The highest BCUT2D eigenvalue weighted by Crippen LogP contribution is 1.99. The summed E-state index contributed by atoms with van der Waals surface area (Å²) in [5.41, 5.74) is -1.62. The molecule has 0 fully saturated rings. The van der Waals surface area contributed by atoms with Gasteiger partial charge in [0.2, 0.25) is 0 Å². The van der Waals surface area contributed by atoms with E-state index in [-0.39, 0.29) is 17.4 Å². The quantitative estimate of drug-likeness (QED) is 0.582. The van der Waals surface area contributed by atoms with Crippen molar-refractivity contribution in [3.8, 4) is 0 Å². The second kappa shape index (κ2) is 4.30. The Hall–Kier alpha value is -1.27. The fourth-order valence-electron chi connectivity index (χ4n) is 0.827. The van der Waals surface area contributed by atoms with Crippen LogP contribution in [0.25, 0.3) is 0 Å². The molecule has 0 aromatic carbocycles. The fraction of sp³-hybridized carbons (Fsp3) is 0.143. The van der Waals surface area contributed by atoms with Crippen LogP contribution >= 0.6 is 23.8 Å². The Morgan fingerprint density at radius 3 is 2.86 bits per heavy atom. The Balaban J connectivity index is 3.43. The Morgan fingerprint density at radius 2 is 2.36 bits per heavy atom. The molecule has 0 aliphatic rings. The van der Waals surface area contributed by atoms with Crippen LogP contribution in [0.2, 0.25) is 0 Å². The van der Waals surface area contributed by atoms with Crippen LogP contribution in [-0.4, -0.2) is 20.1 Å². The molecule has 1 heterocycles. The topological polar surface area (TPSA) is 67.8 Å². The number of aromatic nitrogens is 3. The second-order valence-corrected chi connectivity index (χ2v) is 3.13. The van der Waals surface area contributed by atoms with E-state index in [4.69, 9.17) is 11.6 Å². The van der Waals surface area contributed by atoms with Crippen molar-refractivity contribution < 1.29 is 0 Å². The lowest BCUT2D eigenvalue weighted by Crippen LogP contribution is -2.39. The smallest absolute Gasteiger partial charge is 0.280 e. The van der Waals surface area contributed by atoms with E-state index in [0.717, 1.165) is 4.57 Å². The molecule has 1 rings (SSSR count). The van der Waals surface area contributed by atoms with Gasteiger partial charge in [0.15, 0.2) is 5.82 Å². The first-order valence-corrected chi connectivity index (χ1v) is 4.26. The van der Waals surface area contributed by atoms with Gasteiger partial charge in [0.1, 0.15) is 5.37 Å². The number of hydrogen-bond acceptors (Lipinski definition) is 4. The summed E-state index contributed by atoms with van der Waals surface area (Å²) in [6.45, 7) is 3.38. The van der Waals surface area contributed by atoms with E-state index in [1.54, 1.807) is 0 Å². The zero-order valence-corrected chi connectivity index (χ0v) is 8.48. The maximum Gasteiger partial charge on any atom is 0.330 e. The zero-order chi connectivity index (χ0) is 10.7. The molecule has 0 atom stereocenters. The second-order valence-electron chi connectivity index (χ2n) is 2.39. The minimum Gasteiger partial charge on any atom is -0.280 e. The predicted octanol–water partition coefficient (Wildman–Crippen LogP) is -0.0911. The van der Waals surface area contributed by atoms with Gasteiger partial charge in [-0.3, -0.25) is 14.2 Å². The van der Waals surface area contributed by atoms with E-state index >= 15 is 0 Å². The molecule has 0 amide bonds. The third-order valence-electron chi connectivity index (χ3n) is 1.38. The van der Waals surface area contributed by atoms with Crippen molar-refractivity contribution in [3.63, 3.8) is 0 Å². The summed E-state index contributed by atoms with van der Waals surface area (Å²) in [6.07, 6.45) is 0. The third-order valence-corrected chi connectivity index (χ3v) is 1.68. The monoisotopic (exact) mass is 230 g/mol. The highest BCUT2D eigenvalue weighted by atomic mass is 35.5. The molecule has 0 spiro atoms. The van der Waals surface area contributed by atoms with Crippen LogP contribution < -0.4 is 11.1 Å². The first kappa shape index (κ1) is 10.8.